The number of rotatable bonds is 6. The number of nitrogens with zero attached hydrogens (tertiary/aromatic N) is 1. The predicted molar refractivity (Wildman–Crippen MR) is 88.3 cm³/mol. The molecule has 1 amide bonds. The molecule has 2 rings (SSSR count). The Balaban J connectivity index is 1.87. The molecule has 0 aromatic heterocycles. The van der Waals surface area contributed by atoms with Crippen molar-refractivity contribution in [2.45, 2.75) is 30.7 Å². The summed E-state index contributed by atoms with van der Waals surface area (Å²) in [4.78, 5) is 13.5. The van der Waals surface area contributed by atoms with Gasteiger partial charge in [0.2, 0.25) is 5.91 Å². The molecule has 1 aliphatic rings. The second kappa shape index (κ2) is 7.79. The van der Waals surface area contributed by atoms with Crippen LogP contribution in [0.3, 0.4) is 0 Å². The fraction of sp³-hybridized carbons (Fsp3) is 0.562. The molecular weight excluding hydrogens is 316 g/mol. The first kappa shape index (κ1) is 17.7. The first-order valence-corrected chi connectivity index (χ1v) is 9.42. The normalized spacial score (nSPS) is 17.0. The average Bonchev–Trinajstić information content (AvgIpc) is 2.54. The van der Waals surface area contributed by atoms with Crippen LogP contribution in [0.2, 0.25) is 0 Å². The summed E-state index contributed by atoms with van der Waals surface area (Å²) in [5.41, 5.74) is 0. The van der Waals surface area contributed by atoms with Gasteiger partial charge in [0.25, 0.3) is 0 Å². The Morgan fingerprint density at radius 1 is 1.35 bits per heavy atom. The molecule has 1 aliphatic heterocycles. The SMILES string of the molecule is COc1cccc(S(=O)(=O)CCN2CCC(NC(C)=O)CC2)c1. The van der Waals surface area contributed by atoms with Crippen molar-refractivity contribution in [3.05, 3.63) is 24.3 Å². The molecule has 0 aliphatic carbocycles. The number of carbonyl (C=O) groups is 1. The van der Waals surface area contributed by atoms with Crippen LogP contribution in [0.15, 0.2) is 29.2 Å². The third-order valence-corrected chi connectivity index (χ3v) is 5.76. The number of hydrogen-bond acceptors (Lipinski definition) is 5. The van der Waals surface area contributed by atoms with Crippen molar-refractivity contribution in [3.8, 4) is 5.75 Å². The molecular formula is C16H24N2O4S. The van der Waals surface area contributed by atoms with E-state index in [9.17, 15) is 13.2 Å². The number of amides is 1. The molecule has 6 nitrogen and oxygen atoms in total. The van der Waals surface area contributed by atoms with Crippen LogP contribution >= 0.6 is 0 Å². The van der Waals surface area contributed by atoms with Crippen LogP contribution in [0.4, 0.5) is 0 Å². The summed E-state index contributed by atoms with van der Waals surface area (Å²) in [7, 11) is -1.80. The highest BCUT2D eigenvalue weighted by atomic mass is 32.2. The molecule has 0 unspecified atom stereocenters. The Morgan fingerprint density at radius 3 is 2.65 bits per heavy atom. The van der Waals surface area contributed by atoms with Crippen molar-refractivity contribution in [2.75, 3.05) is 32.5 Å². The smallest absolute Gasteiger partial charge is 0.217 e. The Kier molecular flexibility index (Phi) is 6.01. The van der Waals surface area contributed by atoms with Crippen molar-refractivity contribution >= 4 is 15.7 Å². The number of piperidine rings is 1. The van der Waals surface area contributed by atoms with Crippen LogP contribution < -0.4 is 10.1 Å². The molecule has 1 aromatic rings. The summed E-state index contributed by atoms with van der Waals surface area (Å²) < 4.78 is 29.9. The lowest BCUT2D eigenvalue weighted by Gasteiger charge is -2.32. The molecule has 0 bridgehead atoms. The van der Waals surface area contributed by atoms with Crippen molar-refractivity contribution in [1.29, 1.82) is 0 Å². The number of hydrogen-bond donors (Lipinski definition) is 1. The minimum atomic E-state index is -3.32. The molecule has 0 atom stereocenters. The van der Waals surface area contributed by atoms with Crippen LogP contribution in [0.5, 0.6) is 5.75 Å². The van der Waals surface area contributed by atoms with E-state index in [1.807, 2.05) is 0 Å². The lowest BCUT2D eigenvalue weighted by molar-refractivity contribution is -0.119. The molecule has 0 spiro atoms. The van der Waals surface area contributed by atoms with Gasteiger partial charge in [-0.15, -0.1) is 0 Å². The first-order chi connectivity index (χ1) is 10.9. The van der Waals surface area contributed by atoms with Crippen molar-refractivity contribution in [1.82, 2.24) is 10.2 Å². The lowest BCUT2D eigenvalue weighted by atomic mass is 10.1. The zero-order chi connectivity index (χ0) is 16.9. The monoisotopic (exact) mass is 340 g/mol. The summed E-state index contributed by atoms with van der Waals surface area (Å²) >= 11 is 0. The van der Waals surface area contributed by atoms with Gasteiger partial charge in [-0.2, -0.15) is 0 Å². The highest BCUT2D eigenvalue weighted by Gasteiger charge is 2.22. The maximum Gasteiger partial charge on any atom is 0.217 e. The summed E-state index contributed by atoms with van der Waals surface area (Å²) in [6.45, 7) is 3.64. The molecule has 1 N–H and O–H groups in total. The Bertz CT molecular complexity index is 637. The summed E-state index contributed by atoms with van der Waals surface area (Å²) in [5.74, 6) is 0.622. The van der Waals surface area contributed by atoms with E-state index in [0.717, 1.165) is 25.9 Å². The summed E-state index contributed by atoms with van der Waals surface area (Å²) in [6, 6.07) is 6.77. The second-order valence-electron chi connectivity index (χ2n) is 5.81. The van der Waals surface area contributed by atoms with Crippen LogP contribution in [-0.2, 0) is 14.6 Å². The molecule has 1 fully saturated rings. The van der Waals surface area contributed by atoms with Crippen LogP contribution in [0, 0.1) is 0 Å². The number of likely N-dealkylation sites (tertiary alicyclic amines) is 1. The van der Waals surface area contributed by atoms with Gasteiger partial charge in [-0.1, -0.05) is 6.07 Å². The van der Waals surface area contributed by atoms with Crippen LogP contribution in [-0.4, -0.2) is 57.8 Å². The van der Waals surface area contributed by atoms with E-state index < -0.39 is 9.84 Å². The van der Waals surface area contributed by atoms with Gasteiger partial charge in [0.15, 0.2) is 9.84 Å². The van der Waals surface area contributed by atoms with Gasteiger partial charge in [-0.25, -0.2) is 8.42 Å². The largest absolute Gasteiger partial charge is 0.497 e. The van der Waals surface area contributed by atoms with Gasteiger partial charge >= 0.3 is 0 Å². The van der Waals surface area contributed by atoms with Gasteiger partial charge in [0, 0.05) is 32.6 Å². The van der Waals surface area contributed by atoms with Gasteiger partial charge < -0.3 is 15.0 Å². The number of ether oxygens (including phenoxy) is 1. The highest BCUT2D eigenvalue weighted by molar-refractivity contribution is 7.91. The molecule has 0 radical (unpaired) electrons. The maximum absolute atomic E-state index is 12.4. The summed E-state index contributed by atoms with van der Waals surface area (Å²) in [6.07, 6.45) is 1.72. The van der Waals surface area contributed by atoms with E-state index in [4.69, 9.17) is 4.74 Å². The minimum absolute atomic E-state index is 0.0101. The van der Waals surface area contributed by atoms with Crippen molar-refractivity contribution < 1.29 is 17.9 Å². The summed E-state index contributed by atoms with van der Waals surface area (Å²) in [5, 5.41) is 2.92. The van der Waals surface area contributed by atoms with Crippen LogP contribution in [0.1, 0.15) is 19.8 Å². The zero-order valence-electron chi connectivity index (χ0n) is 13.6. The lowest BCUT2D eigenvalue weighted by Crippen LogP contribution is -2.45. The molecule has 1 saturated heterocycles. The topological polar surface area (TPSA) is 75.7 Å². The van der Waals surface area contributed by atoms with Crippen molar-refractivity contribution in [2.24, 2.45) is 0 Å². The zero-order valence-corrected chi connectivity index (χ0v) is 14.4. The molecule has 1 heterocycles. The molecule has 0 saturated carbocycles. The van der Waals surface area contributed by atoms with E-state index in [-0.39, 0.29) is 17.7 Å². The second-order valence-corrected chi connectivity index (χ2v) is 7.92. The third-order valence-electron chi connectivity index (χ3n) is 4.07. The molecule has 23 heavy (non-hydrogen) atoms. The van der Waals surface area contributed by atoms with E-state index >= 15 is 0 Å². The van der Waals surface area contributed by atoms with E-state index in [0.29, 0.717) is 17.2 Å². The standard InChI is InChI=1S/C16H24N2O4S/c1-13(19)17-14-6-8-18(9-7-14)10-11-23(20,21)16-5-3-4-15(12-16)22-2/h3-5,12,14H,6-11H2,1-2H3,(H,17,19). The van der Waals surface area contributed by atoms with E-state index in [2.05, 4.69) is 10.2 Å². The Labute approximate surface area is 137 Å². The Hall–Kier alpha value is -1.60. The van der Waals surface area contributed by atoms with E-state index in [1.165, 1.54) is 14.0 Å². The highest BCUT2D eigenvalue weighted by Crippen LogP contribution is 2.19. The quantitative estimate of drug-likeness (QED) is 0.838. The van der Waals surface area contributed by atoms with Gasteiger partial charge in [-0.3, -0.25) is 4.79 Å². The van der Waals surface area contributed by atoms with Gasteiger partial charge in [0.05, 0.1) is 17.8 Å². The van der Waals surface area contributed by atoms with Gasteiger partial charge in [0.1, 0.15) is 5.75 Å². The Morgan fingerprint density at radius 2 is 2.04 bits per heavy atom. The molecule has 128 valence electrons. The predicted octanol–water partition coefficient (Wildman–Crippen LogP) is 1.07. The molecule has 7 heteroatoms. The fourth-order valence-electron chi connectivity index (χ4n) is 2.75. The minimum Gasteiger partial charge on any atom is -0.497 e. The number of methoxy groups -OCH3 is 1. The maximum atomic E-state index is 12.4. The number of carbonyl (C=O) groups excluding carboxylic acids is 1. The van der Waals surface area contributed by atoms with E-state index in [1.54, 1.807) is 24.3 Å². The number of nitrogens with one attached hydrogen (secondary N) is 1. The number of benzene rings is 1. The fourth-order valence-corrected chi connectivity index (χ4v) is 4.07. The third kappa shape index (κ3) is 5.21. The van der Waals surface area contributed by atoms with Gasteiger partial charge in [-0.05, 0) is 31.0 Å². The molecule has 1 aromatic carbocycles. The van der Waals surface area contributed by atoms with Crippen molar-refractivity contribution in [3.63, 3.8) is 0 Å². The van der Waals surface area contributed by atoms with Crippen LogP contribution in [0.25, 0.3) is 0 Å². The first-order valence-electron chi connectivity index (χ1n) is 7.77. The average molecular weight is 340 g/mol. The number of sulfone groups is 1.